The number of halogens is 1. The molecule has 152 valence electrons. The summed E-state index contributed by atoms with van der Waals surface area (Å²) in [7, 11) is 3.94. The summed E-state index contributed by atoms with van der Waals surface area (Å²) < 4.78 is 0. The number of nitrogens with one attached hydrogen (secondary N) is 1. The number of hydrogen-bond acceptors (Lipinski definition) is 3. The van der Waals surface area contributed by atoms with Gasteiger partial charge in [0, 0.05) is 39.6 Å². The molecule has 27 heavy (non-hydrogen) atoms. The molecule has 0 radical (unpaired) electrons. The minimum absolute atomic E-state index is 0. The Balaban J connectivity index is 0.00000364. The minimum atomic E-state index is -0.214. The van der Waals surface area contributed by atoms with Crippen LogP contribution in [-0.2, 0) is 17.9 Å². The number of amides is 1. The SMILES string of the molecule is CCN(C)Cc1cccc(CNC(=NC)N2CCCC(CC(N)=O)C2)c1.I. The van der Waals surface area contributed by atoms with Crippen molar-refractivity contribution in [3.8, 4) is 0 Å². The average molecular weight is 487 g/mol. The van der Waals surface area contributed by atoms with Gasteiger partial charge < -0.3 is 20.9 Å². The maximum Gasteiger partial charge on any atom is 0.217 e. The topological polar surface area (TPSA) is 74.0 Å². The molecular formula is C20H34IN5O. The quantitative estimate of drug-likeness (QED) is 0.352. The van der Waals surface area contributed by atoms with Crippen LogP contribution in [0.25, 0.3) is 0 Å². The summed E-state index contributed by atoms with van der Waals surface area (Å²) in [6.07, 6.45) is 2.58. The average Bonchev–Trinajstić information content (AvgIpc) is 2.62. The molecule has 1 unspecified atom stereocenters. The lowest BCUT2D eigenvalue weighted by molar-refractivity contribution is -0.119. The molecule has 1 aliphatic heterocycles. The van der Waals surface area contributed by atoms with E-state index in [-0.39, 0.29) is 29.9 Å². The van der Waals surface area contributed by atoms with Crippen molar-refractivity contribution < 1.29 is 4.79 Å². The van der Waals surface area contributed by atoms with Crippen LogP contribution in [0.3, 0.4) is 0 Å². The summed E-state index contributed by atoms with van der Waals surface area (Å²) in [6, 6.07) is 8.67. The first-order valence-corrected chi connectivity index (χ1v) is 9.52. The lowest BCUT2D eigenvalue weighted by Crippen LogP contribution is -2.46. The van der Waals surface area contributed by atoms with Gasteiger partial charge >= 0.3 is 0 Å². The van der Waals surface area contributed by atoms with E-state index in [1.807, 2.05) is 7.05 Å². The molecular weight excluding hydrogens is 453 g/mol. The summed E-state index contributed by atoms with van der Waals surface area (Å²) >= 11 is 0. The Morgan fingerprint density at radius 1 is 1.41 bits per heavy atom. The van der Waals surface area contributed by atoms with Crippen LogP contribution < -0.4 is 11.1 Å². The van der Waals surface area contributed by atoms with Gasteiger partial charge in [0.25, 0.3) is 0 Å². The number of piperidine rings is 1. The Bertz CT molecular complexity index is 622. The van der Waals surface area contributed by atoms with E-state index < -0.39 is 0 Å². The number of aliphatic imine (C=N–C) groups is 1. The van der Waals surface area contributed by atoms with Crippen molar-refractivity contribution in [2.75, 3.05) is 33.7 Å². The molecule has 3 N–H and O–H groups in total. The van der Waals surface area contributed by atoms with E-state index in [2.05, 4.69) is 58.3 Å². The Labute approximate surface area is 180 Å². The van der Waals surface area contributed by atoms with Crippen LogP contribution >= 0.6 is 24.0 Å². The van der Waals surface area contributed by atoms with Crippen molar-refractivity contribution in [3.05, 3.63) is 35.4 Å². The highest BCUT2D eigenvalue weighted by Gasteiger charge is 2.23. The summed E-state index contributed by atoms with van der Waals surface area (Å²) in [5.74, 6) is 1.01. The Morgan fingerprint density at radius 3 is 2.81 bits per heavy atom. The van der Waals surface area contributed by atoms with Crippen molar-refractivity contribution in [3.63, 3.8) is 0 Å². The van der Waals surface area contributed by atoms with Crippen LogP contribution in [0.2, 0.25) is 0 Å². The highest BCUT2D eigenvalue weighted by molar-refractivity contribution is 14.0. The summed E-state index contributed by atoms with van der Waals surface area (Å²) in [6.45, 7) is 6.71. The van der Waals surface area contributed by atoms with Crippen molar-refractivity contribution in [1.82, 2.24) is 15.1 Å². The van der Waals surface area contributed by atoms with Gasteiger partial charge in [0.1, 0.15) is 0 Å². The number of hydrogen-bond donors (Lipinski definition) is 2. The highest BCUT2D eigenvalue weighted by Crippen LogP contribution is 2.19. The predicted octanol–water partition coefficient (Wildman–Crippen LogP) is 2.42. The summed E-state index contributed by atoms with van der Waals surface area (Å²) in [4.78, 5) is 20.2. The molecule has 1 aromatic carbocycles. The van der Waals surface area contributed by atoms with Gasteiger partial charge in [-0.1, -0.05) is 31.2 Å². The molecule has 0 saturated carbocycles. The van der Waals surface area contributed by atoms with E-state index in [9.17, 15) is 4.79 Å². The third-order valence-corrected chi connectivity index (χ3v) is 4.95. The second kappa shape index (κ2) is 12.2. The summed E-state index contributed by atoms with van der Waals surface area (Å²) in [5, 5.41) is 3.47. The van der Waals surface area contributed by atoms with Gasteiger partial charge in [0.15, 0.2) is 5.96 Å². The van der Waals surface area contributed by atoms with Crippen LogP contribution in [0.5, 0.6) is 0 Å². The zero-order chi connectivity index (χ0) is 18.9. The number of benzene rings is 1. The van der Waals surface area contributed by atoms with Gasteiger partial charge in [0.05, 0.1) is 0 Å². The first-order chi connectivity index (χ1) is 12.5. The first-order valence-electron chi connectivity index (χ1n) is 9.52. The minimum Gasteiger partial charge on any atom is -0.370 e. The normalized spacial score (nSPS) is 17.6. The molecule has 1 fully saturated rings. The monoisotopic (exact) mass is 487 g/mol. The number of nitrogens with two attached hydrogens (primary N) is 1. The van der Waals surface area contributed by atoms with Crippen LogP contribution in [0.15, 0.2) is 29.3 Å². The second-order valence-corrected chi connectivity index (χ2v) is 7.18. The van der Waals surface area contributed by atoms with Crippen LogP contribution in [-0.4, -0.2) is 55.4 Å². The van der Waals surface area contributed by atoms with Gasteiger partial charge in [-0.3, -0.25) is 9.79 Å². The third kappa shape index (κ3) is 8.04. The van der Waals surface area contributed by atoms with E-state index in [0.29, 0.717) is 12.3 Å². The second-order valence-electron chi connectivity index (χ2n) is 7.18. The standard InChI is InChI=1S/C20H33N5O.HI/c1-4-24(3)14-17-8-5-7-16(11-17)13-23-20(22-2)25-10-6-9-18(15-25)12-19(21)26;/h5,7-8,11,18H,4,6,9-10,12-15H2,1-3H3,(H2,21,26)(H,22,23);1H. The Morgan fingerprint density at radius 2 is 2.15 bits per heavy atom. The third-order valence-electron chi connectivity index (χ3n) is 4.95. The van der Waals surface area contributed by atoms with E-state index in [1.165, 1.54) is 11.1 Å². The lowest BCUT2D eigenvalue weighted by atomic mass is 9.95. The van der Waals surface area contributed by atoms with E-state index >= 15 is 0 Å². The molecule has 0 spiro atoms. The molecule has 1 saturated heterocycles. The van der Waals surface area contributed by atoms with Crippen LogP contribution in [0, 0.1) is 5.92 Å². The van der Waals surface area contributed by atoms with Crippen molar-refractivity contribution >= 4 is 35.8 Å². The van der Waals surface area contributed by atoms with Crippen molar-refractivity contribution in [1.29, 1.82) is 0 Å². The number of nitrogens with zero attached hydrogens (tertiary/aromatic N) is 3. The molecule has 6 nitrogen and oxygen atoms in total. The van der Waals surface area contributed by atoms with Crippen LogP contribution in [0.1, 0.15) is 37.3 Å². The predicted molar refractivity (Wildman–Crippen MR) is 122 cm³/mol. The largest absolute Gasteiger partial charge is 0.370 e. The molecule has 0 bridgehead atoms. The smallest absolute Gasteiger partial charge is 0.217 e. The zero-order valence-electron chi connectivity index (χ0n) is 16.8. The van der Waals surface area contributed by atoms with Gasteiger partial charge in [-0.05, 0) is 43.5 Å². The Kier molecular flexibility index (Phi) is 10.7. The summed E-state index contributed by atoms with van der Waals surface area (Å²) in [5.41, 5.74) is 7.94. The molecule has 2 rings (SSSR count). The van der Waals surface area contributed by atoms with E-state index in [1.54, 1.807) is 0 Å². The van der Waals surface area contributed by atoms with Crippen molar-refractivity contribution in [2.24, 2.45) is 16.6 Å². The number of carbonyl (C=O) groups is 1. The maximum absolute atomic E-state index is 11.2. The fraction of sp³-hybridized carbons (Fsp3) is 0.600. The molecule has 1 aromatic rings. The molecule has 1 heterocycles. The molecule has 0 aromatic heterocycles. The maximum atomic E-state index is 11.2. The van der Waals surface area contributed by atoms with Crippen molar-refractivity contribution in [2.45, 2.75) is 39.3 Å². The van der Waals surface area contributed by atoms with Crippen LogP contribution in [0.4, 0.5) is 0 Å². The molecule has 7 heteroatoms. The van der Waals surface area contributed by atoms with E-state index in [0.717, 1.165) is 51.5 Å². The number of rotatable bonds is 7. The van der Waals surface area contributed by atoms with Gasteiger partial charge in [-0.25, -0.2) is 0 Å². The number of primary amides is 1. The Hall–Kier alpha value is -1.35. The molecule has 1 atom stereocenters. The van der Waals surface area contributed by atoms with Gasteiger partial charge in [-0.15, -0.1) is 24.0 Å². The molecule has 1 aliphatic rings. The number of carbonyl (C=O) groups excluding carboxylic acids is 1. The highest BCUT2D eigenvalue weighted by atomic mass is 127. The first kappa shape index (κ1) is 23.7. The zero-order valence-corrected chi connectivity index (χ0v) is 19.1. The number of guanidine groups is 1. The van der Waals surface area contributed by atoms with Gasteiger partial charge in [-0.2, -0.15) is 0 Å². The number of likely N-dealkylation sites (tertiary alicyclic amines) is 1. The van der Waals surface area contributed by atoms with E-state index in [4.69, 9.17) is 5.73 Å². The fourth-order valence-electron chi connectivity index (χ4n) is 3.48. The lowest BCUT2D eigenvalue weighted by Gasteiger charge is -2.34. The molecule has 0 aliphatic carbocycles. The van der Waals surface area contributed by atoms with Gasteiger partial charge in [0.2, 0.25) is 5.91 Å². The molecule has 1 amide bonds. The fourth-order valence-corrected chi connectivity index (χ4v) is 3.48.